The summed E-state index contributed by atoms with van der Waals surface area (Å²) in [7, 11) is -3.27. The molecule has 29 heavy (non-hydrogen) atoms. The van der Waals surface area contributed by atoms with Crippen molar-refractivity contribution in [3.63, 3.8) is 0 Å². The summed E-state index contributed by atoms with van der Waals surface area (Å²) in [5, 5.41) is 0. The van der Waals surface area contributed by atoms with Crippen LogP contribution in [-0.2, 0) is 23.1 Å². The summed E-state index contributed by atoms with van der Waals surface area (Å²) in [6.07, 6.45) is 6.29. The van der Waals surface area contributed by atoms with Crippen LogP contribution in [0.5, 0.6) is 5.75 Å². The number of sulfonamides is 1. The van der Waals surface area contributed by atoms with Crippen LogP contribution < -0.4 is 4.74 Å². The Morgan fingerprint density at radius 2 is 1.97 bits per heavy atom. The molecule has 0 saturated heterocycles. The number of carbonyl (C=O) groups excluding carboxylic acids is 1. The number of pyridine rings is 1. The van der Waals surface area contributed by atoms with Crippen LogP contribution in [0.4, 0.5) is 0 Å². The highest BCUT2D eigenvalue weighted by molar-refractivity contribution is 7.88. The van der Waals surface area contributed by atoms with Gasteiger partial charge in [0.15, 0.2) is 0 Å². The summed E-state index contributed by atoms with van der Waals surface area (Å²) in [5.74, 6) is 0.667. The lowest BCUT2D eigenvalue weighted by Gasteiger charge is -2.26. The molecule has 0 radical (unpaired) electrons. The van der Waals surface area contributed by atoms with E-state index >= 15 is 0 Å². The number of ether oxygens (including phenoxy) is 1. The number of nitrogens with zero attached hydrogens (tertiary/aromatic N) is 3. The molecule has 1 atom stereocenters. The molecule has 1 aliphatic heterocycles. The summed E-state index contributed by atoms with van der Waals surface area (Å²) in [6.45, 7) is 3.11. The van der Waals surface area contributed by atoms with Crippen molar-refractivity contribution in [3.05, 3.63) is 59.4 Å². The molecular weight excluding hydrogens is 390 g/mol. The van der Waals surface area contributed by atoms with Crippen molar-refractivity contribution in [1.82, 2.24) is 14.2 Å². The number of rotatable bonds is 5. The fraction of sp³-hybridized carbons (Fsp3) is 0.429. The van der Waals surface area contributed by atoms with Gasteiger partial charge >= 0.3 is 0 Å². The molecule has 1 aromatic carbocycles. The lowest BCUT2D eigenvalue weighted by molar-refractivity contribution is 0.0645. The largest absolute Gasteiger partial charge is 0.491 e. The Morgan fingerprint density at radius 1 is 1.24 bits per heavy atom. The van der Waals surface area contributed by atoms with Crippen molar-refractivity contribution in [2.24, 2.45) is 0 Å². The predicted octanol–water partition coefficient (Wildman–Crippen LogP) is 2.43. The van der Waals surface area contributed by atoms with Crippen molar-refractivity contribution in [2.45, 2.75) is 44.9 Å². The van der Waals surface area contributed by atoms with Crippen LogP contribution >= 0.6 is 0 Å². The molecule has 0 N–H and O–H groups in total. The SMILES string of the molecule is C[C@H]1COc2ccc(CN(C3CC3)S(C)(=O)=O)cc2CN1C(=O)c1ccncc1. The first kappa shape index (κ1) is 19.8. The van der Waals surface area contributed by atoms with Crippen LogP contribution in [-0.4, -0.2) is 53.5 Å². The molecule has 1 amide bonds. The molecule has 0 spiro atoms. The van der Waals surface area contributed by atoms with E-state index in [2.05, 4.69) is 4.98 Å². The molecule has 1 aliphatic carbocycles. The smallest absolute Gasteiger partial charge is 0.254 e. The second kappa shape index (κ2) is 7.76. The Kier molecular flexibility index (Phi) is 5.31. The third-order valence-corrected chi connectivity index (χ3v) is 6.66. The zero-order valence-electron chi connectivity index (χ0n) is 16.6. The number of aromatic nitrogens is 1. The number of benzene rings is 1. The fourth-order valence-corrected chi connectivity index (χ4v) is 4.76. The van der Waals surface area contributed by atoms with Gasteiger partial charge in [-0.2, -0.15) is 4.31 Å². The van der Waals surface area contributed by atoms with Gasteiger partial charge in [-0.3, -0.25) is 9.78 Å². The minimum atomic E-state index is -3.27. The van der Waals surface area contributed by atoms with Gasteiger partial charge in [-0.1, -0.05) is 6.07 Å². The monoisotopic (exact) mass is 415 g/mol. The van der Waals surface area contributed by atoms with E-state index in [1.54, 1.807) is 33.7 Å². The molecule has 2 aromatic rings. The van der Waals surface area contributed by atoms with Crippen molar-refractivity contribution in [3.8, 4) is 5.75 Å². The molecular formula is C21H25N3O4S. The molecule has 7 nitrogen and oxygen atoms in total. The predicted molar refractivity (Wildman–Crippen MR) is 109 cm³/mol. The van der Waals surface area contributed by atoms with Crippen molar-refractivity contribution in [2.75, 3.05) is 12.9 Å². The zero-order valence-corrected chi connectivity index (χ0v) is 17.4. The van der Waals surface area contributed by atoms with Crippen LogP contribution in [0.1, 0.15) is 41.3 Å². The highest BCUT2D eigenvalue weighted by Crippen LogP contribution is 2.32. The molecule has 1 saturated carbocycles. The van der Waals surface area contributed by atoms with Crippen LogP contribution in [0.3, 0.4) is 0 Å². The standard InChI is InChI=1S/C21H25N3O4S/c1-15-14-28-20-6-3-16(12-24(19-4-5-19)29(2,26)27)11-18(20)13-23(15)21(25)17-7-9-22-10-8-17/h3,6-11,15,19H,4-5,12-14H2,1-2H3/t15-/m0/s1. The molecule has 8 heteroatoms. The average Bonchev–Trinajstić information content (AvgIpc) is 3.54. The Morgan fingerprint density at radius 3 is 2.62 bits per heavy atom. The average molecular weight is 416 g/mol. The molecule has 1 aromatic heterocycles. The number of carbonyl (C=O) groups is 1. The maximum Gasteiger partial charge on any atom is 0.254 e. The highest BCUT2D eigenvalue weighted by atomic mass is 32.2. The second-order valence-corrected chi connectivity index (χ2v) is 9.75. The summed E-state index contributed by atoms with van der Waals surface area (Å²) in [5.41, 5.74) is 2.37. The van der Waals surface area contributed by atoms with Crippen LogP contribution in [0, 0.1) is 0 Å². The van der Waals surface area contributed by atoms with E-state index in [4.69, 9.17) is 4.74 Å². The number of hydrogen-bond acceptors (Lipinski definition) is 5. The molecule has 0 unspecified atom stereocenters. The highest BCUT2D eigenvalue weighted by Gasteiger charge is 2.35. The first-order valence-electron chi connectivity index (χ1n) is 9.75. The normalized spacial score (nSPS) is 19.4. The third-order valence-electron chi connectivity index (χ3n) is 5.38. The van der Waals surface area contributed by atoms with Gasteiger partial charge in [0, 0.05) is 36.1 Å². The Bertz CT molecular complexity index is 1010. The third kappa shape index (κ3) is 4.43. The van der Waals surface area contributed by atoms with E-state index in [1.165, 1.54) is 6.26 Å². The van der Waals surface area contributed by atoms with E-state index in [0.29, 0.717) is 25.3 Å². The minimum Gasteiger partial charge on any atom is -0.491 e. The molecule has 2 aliphatic rings. The van der Waals surface area contributed by atoms with E-state index in [9.17, 15) is 13.2 Å². The van der Waals surface area contributed by atoms with Crippen LogP contribution in [0.25, 0.3) is 0 Å². The Hall–Kier alpha value is -2.45. The summed E-state index contributed by atoms with van der Waals surface area (Å²) < 4.78 is 31.8. The Labute approximate surface area is 171 Å². The van der Waals surface area contributed by atoms with E-state index in [0.717, 1.165) is 29.7 Å². The first-order valence-corrected chi connectivity index (χ1v) is 11.6. The summed E-state index contributed by atoms with van der Waals surface area (Å²) in [4.78, 5) is 18.8. The lowest BCUT2D eigenvalue weighted by atomic mass is 10.1. The zero-order chi connectivity index (χ0) is 20.6. The Balaban J connectivity index is 1.59. The first-order chi connectivity index (χ1) is 13.8. The number of fused-ring (bicyclic) bond motifs is 1. The van der Waals surface area contributed by atoms with Crippen molar-refractivity contribution >= 4 is 15.9 Å². The van der Waals surface area contributed by atoms with Gasteiger partial charge < -0.3 is 9.64 Å². The van der Waals surface area contributed by atoms with Gasteiger partial charge in [-0.15, -0.1) is 0 Å². The number of amides is 1. The van der Waals surface area contributed by atoms with Crippen molar-refractivity contribution in [1.29, 1.82) is 0 Å². The van der Waals surface area contributed by atoms with Crippen LogP contribution in [0.15, 0.2) is 42.7 Å². The van der Waals surface area contributed by atoms with Gasteiger partial charge in [0.05, 0.1) is 18.8 Å². The second-order valence-electron chi connectivity index (χ2n) is 7.81. The molecule has 0 bridgehead atoms. The van der Waals surface area contributed by atoms with Gasteiger partial charge in [-0.05, 0) is 49.6 Å². The van der Waals surface area contributed by atoms with Crippen molar-refractivity contribution < 1.29 is 17.9 Å². The van der Waals surface area contributed by atoms with E-state index in [-0.39, 0.29) is 18.0 Å². The number of hydrogen-bond donors (Lipinski definition) is 0. The summed E-state index contributed by atoms with van der Waals surface area (Å²) in [6, 6.07) is 9.17. The molecule has 154 valence electrons. The quantitative estimate of drug-likeness (QED) is 0.749. The molecule has 2 heterocycles. The van der Waals surface area contributed by atoms with Gasteiger partial charge in [0.2, 0.25) is 10.0 Å². The minimum absolute atomic E-state index is 0.0718. The maximum absolute atomic E-state index is 13.0. The van der Waals surface area contributed by atoms with Crippen LogP contribution in [0.2, 0.25) is 0 Å². The fourth-order valence-electron chi connectivity index (χ4n) is 3.63. The van der Waals surface area contributed by atoms with E-state index in [1.807, 2.05) is 25.1 Å². The maximum atomic E-state index is 13.0. The van der Waals surface area contributed by atoms with Gasteiger partial charge in [-0.25, -0.2) is 8.42 Å². The lowest BCUT2D eigenvalue weighted by Crippen LogP contribution is -2.39. The topological polar surface area (TPSA) is 79.8 Å². The molecule has 1 fully saturated rings. The van der Waals surface area contributed by atoms with Gasteiger partial charge in [0.1, 0.15) is 12.4 Å². The van der Waals surface area contributed by atoms with E-state index < -0.39 is 10.0 Å². The molecule has 4 rings (SSSR count). The summed E-state index contributed by atoms with van der Waals surface area (Å²) >= 11 is 0. The van der Waals surface area contributed by atoms with Gasteiger partial charge in [0.25, 0.3) is 5.91 Å².